The number of hydrogen-bond acceptors (Lipinski definition) is 6. The molecule has 0 radical (unpaired) electrons. The van der Waals surface area contributed by atoms with Gasteiger partial charge in [-0.1, -0.05) is 24.3 Å². The lowest BCUT2D eigenvalue weighted by Crippen LogP contribution is -2.25. The highest BCUT2D eigenvalue weighted by Gasteiger charge is 2.31. The first kappa shape index (κ1) is 25.8. The maximum absolute atomic E-state index is 12.3. The molecule has 0 bridgehead atoms. The fourth-order valence-electron chi connectivity index (χ4n) is 3.56. The minimum Gasteiger partial charge on any atom is -0.406 e. The molecule has 0 saturated heterocycles. The summed E-state index contributed by atoms with van der Waals surface area (Å²) in [5, 5.41) is 12.0. The molecule has 0 saturated carbocycles. The predicted octanol–water partition coefficient (Wildman–Crippen LogP) is 5.47. The van der Waals surface area contributed by atoms with Gasteiger partial charge in [0.05, 0.1) is 23.3 Å². The summed E-state index contributed by atoms with van der Waals surface area (Å²) in [6, 6.07) is 14.7. The number of rotatable bonds is 6. The molecular formula is C25H22F3N7OS. The smallest absolute Gasteiger partial charge is 0.406 e. The van der Waals surface area contributed by atoms with Crippen molar-refractivity contribution < 1.29 is 17.9 Å². The van der Waals surface area contributed by atoms with Gasteiger partial charge in [-0.05, 0) is 74.4 Å². The van der Waals surface area contributed by atoms with E-state index in [4.69, 9.17) is 12.2 Å². The van der Waals surface area contributed by atoms with Crippen molar-refractivity contribution in [2.24, 2.45) is 5.10 Å². The Labute approximate surface area is 216 Å². The molecule has 0 aliphatic rings. The molecule has 2 aromatic carbocycles. The van der Waals surface area contributed by atoms with Crippen LogP contribution in [0.2, 0.25) is 0 Å². The van der Waals surface area contributed by atoms with E-state index in [1.54, 1.807) is 6.21 Å². The van der Waals surface area contributed by atoms with Gasteiger partial charge in [0.15, 0.2) is 10.9 Å². The Bertz CT molecular complexity index is 1410. The first-order valence-electron chi connectivity index (χ1n) is 11.0. The van der Waals surface area contributed by atoms with E-state index < -0.39 is 6.36 Å². The van der Waals surface area contributed by atoms with Crippen LogP contribution in [0.5, 0.6) is 5.75 Å². The van der Waals surface area contributed by atoms with Gasteiger partial charge in [0.1, 0.15) is 12.1 Å². The van der Waals surface area contributed by atoms with Gasteiger partial charge in [0.2, 0.25) is 0 Å². The lowest BCUT2D eigenvalue weighted by Gasteiger charge is -2.13. The van der Waals surface area contributed by atoms with Crippen LogP contribution >= 0.6 is 12.2 Å². The van der Waals surface area contributed by atoms with E-state index in [-0.39, 0.29) is 5.75 Å². The number of anilines is 1. The second kappa shape index (κ2) is 10.7. The van der Waals surface area contributed by atoms with Crippen molar-refractivity contribution in [3.8, 4) is 22.8 Å². The van der Waals surface area contributed by atoms with Gasteiger partial charge in [0, 0.05) is 11.3 Å². The van der Waals surface area contributed by atoms with Crippen molar-refractivity contribution in [1.82, 2.24) is 25.2 Å². The van der Waals surface area contributed by atoms with Crippen molar-refractivity contribution in [1.29, 1.82) is 0 Å². The number of ether oxygens (including phenoxy) is 1. The lowest BCUT2D eigenvalue weighted by atomic mass is 10.1. The average Bonchev–Trinajstić information content (AvgIpc) is 3.32. The van der Waals surface area contributed by atoms with Gasteiger partial charge in [-0.2, -0.15) is 5.10 Å². The number of benzene rings is 2. The highest BCUT2D eigenvalue weighted by molar-refractivity contribution is 7.80. The second-order valence-electron chi connectivity index (χ2n) is 8.04. The minimum absolute atomic E-state index is 0.308. The summed E-state index contributed by atoms with van der Waals surface area (Å²) in [5.41, 5.74) is 8.60. The van der Waals surface area contributed by atoms with Crippen LogP contribution in [0.1, 0.15) is 22.5 Å². The number of nitrogens with one attached hydrogen (secondary N) is 2. The summed E-state index contributed by atoms with van der Waals surface area (Å²) in [6.07, 6.45) is -1.63. The van der Waals surface area contributed by atoms with Crippen molar-refractivity contribution in [3.63, 3.8) is 0 Å². The molecule has 4 rings (SSSR count). The molecule has 8 nitrogen and oxygen atoms in total. The molecule has 0 atom stereocenters. The Morgan fingerprint density at radius 2 is 1.76 bits per heavy atom. The van der Waals surface area contributed by atoms with Gasteiger partial charge >= 0.3 is 6.36 Å². The Morgan fingerprint density at radius 1 is 1.05 bits per heavy atom. The summed E-state index contributed by atoms with van der Waals surface area (Å²) in [5.74, 6) is 0.150. The molecule has 190 valence electrons. The number of aryl methyl sites for hydroxylation is 3. The van der Waals surface area contributed by atoms with E-state index in [1.807, 2.05) is 51.1 Å². The van der Waals surface area contributed by atoms with Gasteiger partial charge in [0.25, 0.3) is 0 Å². The van der Waals surface area contributed by atoms with Crippen LogP contribution in [-0.2, 0) is 0 Å². The number of pyridine rings is 1. The molecular weight excluding hydrogens is 503 g/mol. The number of thiocarbonyl (C=S) groups is 1. The zero-order valence-corrected chi connectivity index (χ0v) is 20.9. The number of aromatic nitrogens is 4. The van der Waals surface area contributed by atoms with Crippen LogP contribution in [0.15, 0.2) is 66.0 Å². The molecule has 12 heteroatoms. The first-order chi connectivity index (χ1) is 17.6. The summed E-state index contributed by atoms with van der Waals surface area (Å²) >= 11 is 5.32. The second-order valence-corrected chi connectivity index (χ2v) is 8.45. The number of alkyl halides is 3. The summed E-state index contributed by atoms with van der Waals surface area (Å²) in [6.45, 7) is 5.84. The molecule has 0 aliphatic carbocycles. The fraction of sp³-hybridized carbons (Fsp3) is 0.160. The van der Waals surface area contributed by atoms with Gasteiger partial charge in [-0.15, -0.1) is 18.3 Å². The zero-order chi connectivity index (χ0) is 26.6. The first-order valence-corrected chi connectivity index (χ1v) is 11.4. The van der Waals surface area contributed by atoms with Crippen LogP contribution < -0.4 is 15.5 Å². The summed E-state index contributed by atoms with van der Waals surface area (Å²) < 4.78 is 42.4. The SMILES string of the molecule is Cc1cc(C)c(NC(=S)NN=Cc2ccc(-c3ncn(-c4ccc(OC(F)(F)F)cc4)n3)cc2)c(C)n1. The standard InChI is InChI=1S/C25H22F3N7OS/c1-15-12-16(2)31-17(3)22(15)32-24(37)33-30-13-18-4-6-19(7-5-18)23-29-14-35(34-23)20-8-10-21(11-9-20)36-25(26,27)28/h4-14H,1-3H3,(H2,32,33,37). The molecule has 4 aromatic rings. The van der Waals surface area contributed by atoms with Crippen molar-refractivity contribution in [2.45, 2.75) is 27.1 Å². The van der Waals surface area contributed by atoms with E-state index in [0.717, 1.165) is 33.8 Å². The number of hydrogen-bond donors (Lipinski definition) is 2. The van der Waals surface area contributed by atoms with E-state index in [2.05, 4.69) is 35.6 Å². The van der Waals surface area contributed by atoms with Crippen LogP contribution in [0.4, 0.5) is 18.9 Å². The number of nitrogens with zero attached hydrogens (tertiary/aromatic N) is 5. The fourth-order valence-corrected chi connectivity index (χ4v) is 3.71. The molecule has 0 unspecified atom stereocenters. The topological polar surface area (TPSA) is 89.2 Å². The highest BCUT2D eigenvalue weighted by atomic mass is 32.1. The minimum atomic E-state index is -4.74. The quantitative estimate of drug-likeness (QED) is 0.196. The lowest BCUT2D eigenvalue weighted by molar-refractivity contribution is -0.274. The van der Waals surface area contributed by atoms with Gasteiger partial charge in [-0.3, -0.25) is 10.4 Å². The number of halogens is 3. The summed E-state index contributed by atoms with van der Waals surface area (Å²) in [7, 11) is 0. The molecule has 0 fully saturated rings. The van der Waals surface area contributed by atoms with E-state index >= 15 is 0 Å². The van der Waals surface area contributed by atoms with Gasteiger partial charge in [-0.25, -0.2) is 9.67 Å². The highest BCUT2D eigenvalue weighted by Crippen LogP contribution is 2.24. The molecule has 37 heavy (non-hydrogen) atoms. The van der Waals surface area contributed by atoms with Crippen molar-refractivity contribution in [2.75, 3.05) is 5.32 Å². The summed E-state index contributed by atoms with van der Waals surface area (Å²) in [4.78, 5) is 8.72. The third-order valence-electron chi connectivity index (χ3n) is 5.14. The van der Waals surface area contributed by atoms with Crippen LogP contribution in [0.3, 0.4) is 0 Å². The monoisotopic (exact) mass is 525 g/mol. The molecule has 2 heterocycles. The molecule has 0 amide bonds. The molecule has 2 N–H and O–H groups in total. The van der Waals surface area contributed by atoms with Crippen LogP contribution in [0.25, 0.3) is 17.1 Å². The van der Waals surface area contributed by atoms with Crippen molar-refractivity contribution >= 4 is 29.2 Å². The third kappa shape index (κ3) is 6.88. The third-order valence-corrected chi connectivity index (χ3v) is 5.33. The maximum Gasteiger partial charge on any atom is 0.573 e. The molecule has 0 spiro atoms. The largest absolute Gasteiger partial charge is 0.573 e. The Hall–Kier alpha value is -4.32. The van der Waals surface area contributed by atoms with Gasteiger partial charge < -0.3 is 10.1 Å². The van der Waals surface area contributed by atoms with E-state index in [1.165, 1.54) is 35.3 Å². The zero-order valence-electron chi connectivity index (χ0n) is 20.0. The Balaban J connectivity index is 1.35. The Morgan fingerprint density at radius 3 is 2.41 bits per heavy atom. The Kier molecular flexibility index (Phi) is 7.48. The molecule has 0 aliphatic heterocycles. The van der Waals surface area contributed by atoms with E-state index in [9.17, 15) is 13.2 Å². The van der Waals surface area contributed by atoms with Crippen LogP contribution in [0, 0.1) is 20.8 Å². The van der Waals surface area contributed by atoms with Crippen LogP contribution in [-0.4, -0.2) is 37.4 Å². The van der Waals surface area contributed by atoms with E-state index in [0.29, 0.717) is 16.6 Å². The predicted molar refractivity (Wildman–Crippen MR) is 139 cm³/mol. The number of hydrazone groups is 1. The van der Waals surface area contributed by atoms with Crippen molar-refractivity contribution in [3.05, 3.63) is 83.4 Å². The normalized spacial score (nSPS) is 11.5. The average molecular weight is 526 g/mol. The maximum atomic E-state index is 12.3. The molecule has 2 aromatic heterocycles.